The second kappa shape index (κ2) is 13.8. The average molecular weight is 598 g/mol. The number of halogens is 1. The molecule has 0 saturated heterocycles. The Kier molecular flexibility index (Phi) is 10.7. The molecule has 0 fully saturated rings. The van der Waals surface area contributed by atoms with Crippen molar-refractivity contribution < 1.29 is 27.1 Å². The standard InChI is InChI=1S/C32H40FN3O5S/c1-7-29(31(38)34-32(4,5)6)35(21-24-12-10-9-11-23(24)3)30(37)22-36(26-15-17-27(18-16-26)41-8-2)42(39,40)28-19-13-25(33)14-20-28/h9-20,29H,7-8,21-22H2,1-6H3,(H,34,38)/t29-/m1/s1. The van der Waals surface area contributed by atoms with E-state index >= 15 is 0 Å². The molecule has 0 saturated carbocycles. The van der Waals surface area contributed by atoms with E-state index in [0.717, 1.165) is 39.7 Å². The molecule has 0 aliphatic heterocycles. The van der Waals surface area contributed by atoms with Crippen LogP contribution in [0.4, 0.5) is 10.1 Å². The third-order valence-corrected chi connectivity index (χ3v) is 8.39. The maximum absolute atomic E-state index is 14.2. The predicted molar refractivity (Wildman–Crippen MR) is 162 cm³/mol. The van der Waals surface area contributed by atoms with E-state index in [4.69, 9.17) is 4.74 Å². The summed E-state index contributed by atoms with van der Waals surface area (Å²) in [5.74, 6) is -0.940. The summed E-state index contributed by atoms with van der Waals surface area (Å²) in [4.78, 5) is 28.9. The molecule has 0 aliphatic carbocycles. The zero-order valence-electron chi connectivity index (χ0n) is 25.1. The molecule has 3 rings (SSSR count). The quantitative estimate of drug-likeness (QED) is 0.300. The maximum atomic E-state index is 14.2. The lowest BCUT2D eigenvalue weighted by atomic mass is 10.0. The van der Waals surface area contributed by atoms with E-state index in [1.165, 1.54) is 4.90 Å². The highest BCUT2D eigenvalue weighted by molar-refractivity contribution is 7.92. The molecule has 10 heteroatoms. The summed E-state index contributed by atoms with van der Waals surface area (Å²) in [5, 5.41) is 2.96. The Hall–Kier alpha value is -3.92. The number of nitrogens with one attached hydrogen (secondary N) is 1. The van der Waals surface area contributed by atoms with Gasteiger partial charge in [-0.1, -0.05) is 31.2 Å². The van der Waals surface area contributed by atoms with Crippen LogP contribution in [0.2, 0.25) is 0 Å². The number of benzene rings is 3. The van der Waals surface area contributed by atoms with Crippen molar-refractivity contribution in [1.82, 2.24) is 10.2 Å². The highest BCUT2D eigenvalue weighted by Gasteiger charge is 2.34. The third-order valence-electron chi connectivity index (χ3n) is 6.60. The lowest BCUT2D eigenvalue weighted by Gasteiger charge is -2.35. The molecule has 3 aromatic rings. The molecule has 3 aromatic carbocycles. The average Bonchev–Trinajstić information content (AvgIpc) is 2.92. The van der Waals surface area contributed by atoms with Gasteiger partial charge in [0.15, 0.2) is 0 Å². The van der Waals surface area contributed by atoms with Crippen molar-refractivity contribution in [3.05, 3.63) is 89.7 Å². The van der Waals surface area contributed by atoms with Crippen LogP contribution in [0.1, 0.15) is 52.2 Å². The van der Waals surface area contributed by atoms with Gasteiger partial charge in [-0.25, -0.2) is 12.8 Å². The minimum atomic E-state index is -4.31. The fraction of sp³-hybridized carbons (Fsp3) is 0.375. The van der Waals surface area contributed by atoms with Crippen LogP contribution in [0.3, 0.4) is 0 Å². The van der Waals surface area contributed by atoms with Gasteiger partial charge in [0.1, 0.15) is 24.2 Å². The summed E-state index contributed by atoms with van der Waals surface area (Å²) < 4.78 is 48.0. The van der Waals surface area contributed by atoms with Crippen LogP contribution >= 0.6 is 0 Å². The van der Waals surface area contributed by atoms with E-state index in [-0.39, 0.29) is 23.0 Å². The number of anilines is 1. The van der Waals surface area contributed by atoms with Crippen molar-refractivity contribution in [2.75, 3.05) is 17.5 Å². The molecule has 1 N–H and O–H groups in total. The molecule has 0 aliphatic rings. The molecule has 0 unspecified atom stereocenters. The molecule has 42 heavy (non-hydrogen) atoms. The first-order valence-corrected chi connectivity index (χ1v) is 15.4. The molecule has 2 amide bonds. The highest BCUT2D eigenvalue weighted by Crippen LogP contribution is 2.27. The van der Waals surface area contributed by atoms with Crippen LogP contribution in [-0.2, 0) is 26.2 Å². The van der Waals surface area contributed by atoms with Crippen molar-refractivity contribution >= 4 is 27.5 Å². The van der Waals surface area contributed by atoms with Gasteiger partial charge in [0.2, 0.25) is 11.8 Å². The van der Waals surface area contributed by atoms with E-state index in [1.807, 2.05) is 65.8 Å². The van der Waals surface area contributed by atoms with Crippen molar-refractivity contribution in [1.29, 1.82) is 0 Å². The summed E-state index contributed by atoms with van der Waals surface area (Å²) in [6.07, 6.45) is 0.313. The van der Waals surface area contributed by atoms with Crippen molar-refractivity contribution in [3.8, 4) is 5.75 Å². The summed E-state index contributed by atoms with van der Waals surface area (Å²) in [7, 11) is -4.31. The van der Waals surface area contributed by atoms with Crippen LogP contribution in [0.25, 0.3) is 0 Å². The summed E-state index contributed by atoms with van der Waals surface area (Å²) in [6, 6.07) is 17.4. The fourth-order valence-corrected chi connectivity index (χ4v) is 5.90. The van der Waals surface area contributed by atoms with Gasteiger partial charge in [-0.2, -0.15) is 0 Å². The van der Waals surface area contributed by atoms with Crippen LogP contribution in [0.5, 0.6) is 5.75 Å². The Bertz CT molecular complexity index is 1470. The van der Waals surface area contributed by atoms with Gasteiger partial charge in [-0.15, -0.1) is 0 Å². The predicted octanol–water partition coefficient (Wildman–Crippen LogP) is 5.45. The van der Waals surface area contributed by atoms with Crippen LogP contribution in [0, 0.1) is 12.7 Å². The molecule has 1 atom stereocenters. The number of hydrogen-bond acceptors (Lipinski definition) is 5. The summed E-state index contributed by atoms with van der Waals surface area (Å²) in [5.41, 5.74) is 1.45. The molecular weight excluding hydrogens is 557 g/mol. The second-order valence-corrected chi connectivity index (χ2v) is 12.9. The van der Waals surface area contributed by atoms with E-state index < -0.39 is 39.9 Å². The maximum Gasteiger partial charge on any atom is 0.264 e. The number of nitrogens with zero attached hydrogens (tertiary/aromatic N) is 2. The van der Waals surface area contributed by atoms with Crippen molar-refractivity contribution in [2.24, 2.45) is 0 Å². The first-order chi connectivity index (χ1) is 19.8. The summed E-state index contributed by atoms with van der Waals surface area (Å²) >= 11 is 0. The monoisotopic (exact) mass is 597 g/mol. The van der Waals surface area contributed by atoms with Crippen molar-refractivity contribution in [3.63, 3.8) is 0 Å². The molecule has 0 heterocycles. The van der Waals surface area contributed by atoms with Gasteiger partial charge in [0.25, 0.3) is 10.0 Å². The van der Waals surface area contributed by atoms with E-state index in [0.29, 0.717) is 18.8 Å². The Balaban J connectivity index is 2.08. The molecule has 226 valence electrons. The third kappa shape index (κ3) is 8.31. The number of carbonyl (C=O) groups is 2. The molecule has 0 bridgehead atoms. The lowest BCUT2D eigenvalue weighted by molar-refractivity contribution is -0.141. The number of hydrogen-bond donors (Lipinski definition) is 1. The van der Waals surface area contributed by atoms with Crippen molar-refractivity contribution in [2.45, 2.75) is 71.0 Å². The zero-order chi connectivity index (χ0) is 31.1. The first kappa shape index (κ1) is 32.6. The van der Waals surface area contributed by atoms with E-state index in [2.05, 4.69) is 5.32 Å². The Morgan fingerprint density at radius 1 is 0.952 bits per heavy atom. The normalized spacial score (nSPS) is 12.4. The molecular formula is C32H40FN3O5S. The number of aryl methyl sites for hydroxylation is 1. The Morgan fingerprint density at radius 2 is 1.57 bits per heavy atom. The number of sulfonamides is 1. The highest BCUT2D eigenvalue weighted by atomic mass is 32.2. The lowest BCUT2D eigenvalue weighted by Crippen LogP contribution is -2.55. The minimum Gasteiger partial charge on any atom is -0.494 e. The Morgan fingerprint density at radius 3 is 2.12 bits per heavy atom. The molecule has 0 spiro atoms. The largest absolute Gasteiger partial charge is 0.494 e. The van der Waals surface area contributed by atoms with Gasteiger partial charge in [0, 0.05) is 12.1 Å². The van der Waals surface area contributed by atoms with Gasteiger partial charge in [-0.3, -0.25) is 13.9 Å². The van der Waals surface area contributed by atoms with Gasteiger partial charge >= 0.3 is 0 Å². The topological polar surface area (TPSA) is 96.0 Å². The molecule has 8 nitrogen and oxygen atoms in total. The number of ether oxygens (including phenoxy) is 1. The molecule has 0 aromatic heterocycles. The smallest absolute Gasteiger partial charge is 0.264 e. The number of carbonyl (C=O) groups excluding carboxylic acids is 2. The van der Waals surface area contributed by atoms with Crippen LogP contribution in [-0.4, -0.2) is 49.9 Å². The molecule has 0 radical (unpaired) electrons. The van der Waals surface area contributed by atoms with Crippen LogP contribution in [0.15, 0.2) is 77.7 Å². The van der Waals surface area contributed by atoms with E-state index in [1.54, 1.807) is 24.3 Å². The summed E-state index contributed by atoms with van der Waals surface area (Å²) in [6.45, 7) is 11.1. The number of amides is 2. The van der Waals surface area contributed by atoms with Gasteiger partial charge in [0.05, 0.1) is 17.2 Å². The Labute approximate surface area is 248 Å². The van der Waals surface area contributed by atoms with Crippen LogP contribution < -0.4 is 14.4 Å². The van der Waals surface area contributed by atoms with Gasteiger partial charge in [-0.05, 0) is 101 Å². The minimum absolute atomic E-state index is 0.106. The SMILES string of the molecule is CCOc1ccc(N(CC(=O)N(Cc2ccccc2C)[C@H](CC)C(=O)NC(C)(C)C)S(=O)(=O)c2ccc(F)cc2)cc1. The fourth-order valence-electron chi connectivity index (χ4n) is 4.48. The zero-order valence-corrected chi connectivity index (χ0v) is 25.9. The van der Waals surface area contributed by atoms with E-state index in [9.17, 15) is 22.4 Å². The first-order valence-electron chi connectivity index (χ1n) is 13.9. The van der Waals surface area contributed by atoms with Gasteiger partial charge < -0.3 is 15.0 Å². The number of rotatable bonds is 12. The second-order valence-electron chi connectivity index (χ2n) is 11.0.